The molecule has 158 valence electrons. The lowest BCUT2D eigenvalue weighted by atomic mass is 9.51. The van der Waals surface area contributed by atoms with Crippen molar-refractivity contribution in [3.8, 4) is 0 Å². The van der Waals surface area contributed by atoms with Crippen LogP contribution in [0.25, 0.3) is 0 Å². The van der Waals surface area contributed by atoms with E-state index in [2.05, 4.69) is 25.7 Å². The maximum absolute atomic E-state index is 11.9. The van der Waals surface area contributed by atoms with E-state index in [1.807, 2.05) is 6.08 Å². The molecule has 6 atom stereocenters. The summed E-state index contributed by atoms with van der Waals surface area (Å²) in [4.78, 5) is 14.4. The van der Waals surface area contributed by atoms with E-state index in [-0.39, 0.29) is 0 Å². The molecule has 3 nitrogen and oxygen atoms in total. The second-order valence-corrected chi connectivity index (χ2v) is 9.89. The van der Waals surface area contributed by atoms with Crippen molar-refractivity contribution >= 4 is 5.78 Å². The highest BCUT2D eigenvalue weighted by Gasteiger charge is 2.58. The second-order valence-electron chi connectivity index (χ2n) is 9.89. The summed E-state index contributed by atoms with van der Waals surface area (Å²) in [5, 5.41) is 0. The van der Waals surface area contributed by atoms with Crippen molar-refractivity contribution in [2.45, 2.75) is 84.7 Å². The summed E-state index contributed by atoms with van der Waals surface area (Å²) < 4.78 is 6.60. The number of ketones is 1. The summed E-state index contributed by atoms with van der Waals surface area (Å²) in [7, 11) is 0. The third-order valence-electron chi connectivity index (χ3n) is 9.22. The minimum Gasteiger partial charge on any atom is -0.376 e. The zero-order valence-electron chi connectivity index (χ0n) is 18.4. The van der Waals surface area contributed by atoms with Gasteiger partial charge in [0.15, 0.2) is 5.78 Å². The van der Waals surface area contributed by atoms with Gasteiger partial charge < -0.3 is 9.64 Å². The van der Waals surface area contributed by atoms with E-state index >= 15 is 0 Å². The fourth-order valence-corrected chi connectivity index (χ4v) is 7.72. The number of fused-ring (bicyclic) bond motifs is 5. The van der Waals surface area contributed by atoms with Crippen molar-refractivity contribution < 1.29 is 9.53 Å². The number of rotatable bonds is 7. The van der Waals surface area contributed by atoms with E-state index in [0.29, 0.717) is 23.2 Å². The Balaban J connectivity index is 1.45. The number of likely N-dealkylation sites (N-methyl/N-ethyl adjacent to an activating group) is 1. The number of allylic oxidation sites excluding steroid dienone is 1. The smallest absolute Gasteiger partial charge is 0.155 e. The van der Waals surface area contributed by atoms with Gasteiger partial charge in [-0.15, -0.1) is 0 Å². The zero-order chi connectivity index (χ0) is 19.7. The first-order chi connectivity index (χ1) is 13.6. The lowest BCUT2D eigenvalue weighted by molar-refractivity contribution is -0.117. The van der Waals surface area contributed by atoms with Gasteiger partial charge in [0.1, 0.15) is 0 Å². The van der Waals surface area contributed by atoms with Crippen molar-refractivity contribution in [1.82, 2.24) is 4.90 Å². The molecule has 4 rings (SSSR count). The van der Waals surface area contributed by atoms with Gasteiger partial charge in [-0.1, -0.05) is 26.3 Å². The Labute approximate surface area is 172 Å². The van der Waals surface area contributed by atoms with Crippen LogP contribution in [0.3, 0.4) is 0 Å². The molecule has 28 heavy (non-hydrogen) atoms. The third-order valence-corrected chi connectivity index (χ3v) is 9.22. The second kappa shape index (κ2) is 8.60. The van der Waals surface area contributed by atoms with Gasteiger partial charge in [-0.3, -0.25) is 4.79 Å². The molecule has 0 N–H and O–H groups in total. The van der Waals surface area contributed by atoms with Crippen LogP contribution in [0.4, 0.5) is 0 Å². The Morgan fingerprint density at radius 3 is 2.61 bits per heavy atom. The van der Waals surface area contributed by atoms with Gasteiger partial charge >= 0.3 is 0 Å². The van der Waals surface area contributed by atoms with E-state index in [4.69, 9.17) is 4.74 Å². The van der Waals surface area contributed by atoms with E-state index in [0.717, 1.165) is 56.8 Å². The average Bonchev–Trinajstić information content (AvgIpc) is 3.09. The predicted octanol–water partition coefficient (Wildman–Crippen LogP) is 5.25. The number of ether oxygens (including phenoxy) is 1. The maximum Gasteiger partial charge on any atom is 0.155 e. The normalized spacial score (nSPS) is 40.1. The fourth-order valence-electron chi connectivity index (χ4n) is 7.72. The molecule has 0 heterocycles. The fraction of sp³-hybridized carbons (Fsp3) is 0.880. The van der Waals surface area contributed by atoms with Crippen molar-refractivity contribution in [3.63, 3.8) is 0 Å². The lowest BCUT2D eigenvalue weighted by Crippen LogP contribution is -2.49. The number of nitrogens with zero attached hydrogens (tertiary/aromatic N) is 1. The molecule has 0 spiro atoms. The van der Waals surface area contributed by atoms with Gasteiger partial charge in [0.2, 0.25) is 0 Å². The zero-order valence-corrected chi connectivity index (χ0v) is 18.4. The molecule has 0 aromatic carbocycles. The number of carbonyl (C=O) groups is 1. The summed E-state index contributed by atoms with van der Waals surface area (Å²) in [6.07, 6.45) is 13.6. The Morgan fingerprint density at radius 1 is 1.04 bits per heavy atom. The first-order valence-corrected chi connectivity index (χ1v) is 12.2. The van der Waals surface area contributed by atoms with Gasteiger partial charge in [-0.05, 0) is 99.6 Å². The van der Waals surface area contributed by atoms with Gasteiger partial charge in [-0.25, -0.2) is 0 Å². The van der Waals surface area contributed by atoms with Gasteiger partial charge in [0.25, 0.3) is 0 Å². The van der Waals surface area contributed by atoms with Crippen molar-refractivity contribution in [2.75, 3.05) is 26.2 Å². The molecule has 0 unspecified atom stereocenters. The average molecular weight is 388 g/mol. The van der Waals surface area contributed by atoms with Crippen LogP contribution in [0, 0.1) is 29.1 Å². The molecule has 0 bridgehead atoms. The number of carbonyl (C=O) groups excluding carboxylic acids is 1. The van der Waals surface area contributed by atoms with E-state index < -0.39 is 0 Å². The highest BCUT2D eigenvalue weighted by atomic mass is 16.5. The van der Waals surface area contributed by atoms with Crippen molar-refractivity contribution in [1.29, 1.82) is 0 Å². The molecule has 3 fully saturated rings. The molecule has 0 amide bonds. The number of hydrogen-bond donors (Lipinski definition) is 0. The molecule has 0 radical (unpaired) electrons. The van der Waals surface area contributed by atoms with Gasteiger partial charge in [0, 0.05) is 13.0 Å². The molecule has 4 aliphatic carbocycles. The van der Waals surface area contributed by atoms with Crippen molar-refractivity contribution in [2.24, 2.45) is 29.1 Å². The molecule has 4 aliphatic rings. The molecule has 0 saturated heterocycles. The molecule has 3 saturated carbocycles. The Hall–Kier alpha value is -0.670. The highest BCUT2D eigenvalue weighted by Crippen LogP contribution is 2.63. The first kappa shape index (κ1) is 20.6. The van der Waals surface area contributed by atoms with Crippen LogP contribution >= 0.6 is 0 Å². The highest BCUT2D eigenvalue weighted by molar-refractivity contribution is 5.91. The van der Waals surface area contributed by atoms with E-state index in [9.17, 15) is 4.79 Å². The quantitative estimate of drug-likeness (QED) is 0.598. The lowest BCUT2D eigenvalue weighted by Gasteiger charge is -2.54. The summed E-state index contributed by atoms with van der Waals surface area (Å²) >= 11 is 0. The van der Waals surface area contributed by atoms with Crippen molar-refractivity contribution in [3.05, 3.63) is 11.6 Å². The topological polar surface area (TPSA) is 29.5 Å². The van der Waals surface area contributed by atoms with Crippen LogP contribution in [0.15, 0.2) is 11.6 Å². The summed E-state index contributed by atoms with van der Waals surface area (Å²) in [5.41, 5.74) is 1.93. The number of hydrogen-bond acceptors (Lipinski definition) is 3. The van der Waals surface area contributed by atoms with Crippen LogP contribution in [0.1, 0.15) is 78.6 Å². The SMILES string of the molecule is CCN(CC)CCO[C@H]1CC[C@H]2[C@@H]3CCC4=CC(=O)CC[C@@H]4[C@H]3CC[C@]12CC. The minimum absolute atomic E-state index is 0.381. The molecule has 3 heteroatoms. The van der Waals surface area contributed by atoms with Crippen LogP contribution in [0.5, 0.6) is 0 Å². The molecule has 0 aromatic rings. The summed E-state index contributed by atoms with van der Waals surface area (Å²) in [6, 6.07) is 0. The van der Waals surface area contributed by atoms with Crippen LogP contribution in [0.2, 0.25) is 0 Å². The van der Waals surface area contributed by atoms with Crippen LogP contribution in [-0.2, 0) is 9.53 Å². The Bertz CT molecular complexity index is 595. The summed E-state index contributed by atoms with van der Waals surface area (Å²) in [5.74, 6) is 3.67. The first-order valence-electron chi connectivity index (χ1n) is 12.2. The minimum atomic E-state index is 0.381. The third kappa shape index (κ3) is 3.51. The van der Waals surface area contributed by atoms with E-state index in [1.165, 1.54) is 50.5 Å². The maximum atomic E-state index is 11.9. The van der Waals surface area contributed by atoms with Gasteiger partial charge in [0.05, 0.1) is 12.7 Å². The molecular formula is C25H41NO2. The molecular weight excluding hydrogens is 346 g/mol. The Kier molecular flexibility index (Phi) is 6.32. The monoisotopic (exact) mass is 387 g/mol. The molecule has 0 aromatic heterocycles. The summed E-state index contributed by atoms with van der Waals surface area (Å²) in [6.45, 7) is 11.1. The molecule has 0 aliphatic heterocycles. The standard InChI is InChI=1S/C25H41NO2/c1-4-25-14-13-21-20-10-8-19(27)17-18(20)7-9-22(21)23(25)11-12-24(25)28-16-15-26(5-2)6-3/h17,20-24H,4-16H2,1-3H3/t20-,21+,22+,23-,24-,25-/m0/s1. The Morgan fingerprint density at radius 2 is 1.86 bits per heavy atom. The van der Waals surface area contributed by atoms with Crippen LogP contribution < -0.4 is 0 Å². The van der Waals surface area contributed by atoms with Crippen LogP contribution in [-0.4, -0.2) is 43.0 Å². The van der Waals surface area contributed by atoms with E-state index in [1.54, 1.807) is 0 Å². The predicted molar refractivity (Wildman–Crippen MR) is 114 cm³/mol. The largest absolute Gasteiger partial charge is 0.376 e. The van der Waals surface area contributed by atoms with Gasteiger partial charge in [-0.2, -0.15) is 0 Å².